The van der Waals surface area contributed by atoms with Crippen LogP contribution in [-0.2, 0) is 20.8 Å². The van der Waals surface area contributed by atoms with Gasteiger partial charge in [0.25, 0.3) is 0 Å². The molecule has 1 heterocycles. The molecule has 4 amide bonds. The molecule has 1 aromatic carbocycles. The summed E-state index contributed by atoms with van der Waals surface area (Å²) in [6.07, 6.45) is 1.59. The Morgan fingerprint density at radius 1 is 1.08 bits per heavy atom. The van der Waals surface area contributed by atoms with E-state index in [1.54, 1.807) is 4.90 Å². The number of nitrogens with one attached hydrogen (secondary N) is 2. The number of amides is 4. The van der Waals surface area contributed by atoms with Crippen molar-refractivity contribution in [2.24, 2.45) is 11.8 Å². The number of carbonyl (C=O) groups is 4. The second-order valence-corrected chi connectivity index (χ2v) is 11.7. The Bertz CT molecular complexity index is 1040. The molecule has 1 aliphatic heterocycles. The standard InChI is InChI=1S/C29H45N5O5/c1-18(2)16-33-14-15-34(28(37)25(19(3)4)31-26(35)20(5)32(6)29(38)39)24(17-33)27(36)30-23-13-9-11-21-10-7-8-12-22(21)23/h7-8,10,12,18-20,23-25H,9,11,13-17H2,1-6H3,(H,30,36)(H,31,35)(H,38,39)/t20-,23+,24-,25-/m0/s1. The fourth-order valence-electron chi connectivity index (χ4n) is 5.49. The van der Waals surface area contributed by atoms with Crippen LogP contribution in [0.2, 0.25) is 0 Å². The van der Waals surface area contributed by atoms with E-state index in [1.807, 2.05) is 26.0 Å². The van der Waals surface area contributed by atoms with E-state index in [1.165, 1.54) is 19.5 Å². The Morgan fingerprint density at radius 3 is 2.41 bits per heavy atom. The van der Waals surface area contributed by atoms with Gasteiger partial charge in [-0.2, -0.15) is 0 Å². The first-order valence-electron chi connectivity index (χ1n) is 14.1. The largest absolute Gasteiger partial charge is 0.465 e. The molecule has 216 valence electrons. The predicted octanol–water partition coefficient (Wildman–Crippen LogP) is 2.49. The average Bonchev–Trinajstić information content (AvgIpc) is 2.89. The van der Waals surface area contributed by atoms with Crippen LogP contribution in [0.4, 0.5) is 4.79 Å². The molecule has 3 rings (SSSR count). The zero-order chi connectivity index (χ0) is 28.9. The molecule has 39 heavy (non-hydrogen) atoms. The summed E-state index contributed by atoms with van der Waals surface area (Å²) in [4.78, 5) is 56.7. The average molecular weight is 544 g/mol. The van der Waals surface area contributed by atoms with Crippen molar-refractivity contribution in [2.75, 3.05) is 33.2 Å². The van der Waals surface area contributed by atoms with Gasteiger partial charge >= 0.3 is 6.09 Å². The third-order valence-corrected chi connectivity index (χ3v) is 7.85. The van der Waals surface area contributed by atoms with E-state index in [2.05, 4.69) is 41.5 Å². The number of rotatable bonds is 9. The highest BCUT2D eigenvalue weighted by Crippen LogP contribution is 2.30. The molecule has 10 heteroatoms. The van der Waals surface area contributed by atoms with Crippen LogP contribution >= 0.6 is 0 Å². The van der Waals surface area contributed by atoms with Gasteiger partial charge in [0.15, 0.2) is 0 Å². The Labute approximate surface area is 232 Å². The van der Waals surface area contributed by atoms with E-state index < -0.39 is 30.1 Å². The number of carboxylic acid groups (broad SMARTS) is 1. The highest BCUT2D eigenvalue weighted by atomic mass is 16.4. The molecule has 1 saturated heterocycles. The zero-order valence-electron chi connectivity index (χ0n) is 24.1. The molecule has 10 nitrogen and oxygen atoms in total. The Kier molecular flexibility index (Phi) is 10.4. The molecule has 0 bridgehead atoms. The quantitative estimate of drug-likeness (QED) is 0.440. The van der Waals surface area contributed by atoms with E-state index in [4.69, 9.17) is 0 Å². The second kappa shape index (κ2) is 13.3. The smallest absolute Gasteiger partial charge is 0.407 e. The first-order valence-corrected chi connectivity index (χ1v) is 14.1. The topological polar surface area (TPSA) is 122 Å². The van der Waals surface area contributed by atoms with E-state index in [0.29, 0.717) is 25.6 Å². The van der Waals surface area contributed by atoms with Crippen molar-refractivity contribution in [2.45, 2.75) is 78.0 Å². The number of fused-ring (bicyclic) bond motifs is 1. The van der Waals surface area contributed by atoms with Crippen molar-refractivity contribution in [1.82, 2.24) is 25.3 Å². The van der Waals surface area contributed by atoms with Crippen LogP contribution in [0.1, 0.15) is 64.6 Å². The Hall–Kier alpha value is -3.14. The number of benzene rings is 1. The molecule has 0 unspecified atom stereocenters. The maximum Gasteiger partial charge on any atom is 0.407 e. The number of hydrogen-bond acceptors (Lipinski definition) is 5. The molecule has 0 aromatic heterocycles. The molecular weight excluding hydrogens is 498 g/mol. The summed E-state index contributed by atoms with van der Waals surface area (Å²) in [6.45, 7) is 11.6. The zero-order valence-corrected chi connectivity index (χ0v) is 24.1. The Morgan fingerprint density at radius 2 is 1.77 bits per heavy atom. The fraction of sp³-hybridized carbons (Fsp3) is 0.655. The lowest BCUT2D eigenvalue weighted by molar-refractivity contribution is -0.148. The number of hydrogen-bond donors (Lipinski definition) is 3. The molecule has 0 spiro atoms. The van der Waals surface area contributed by atoms with Crippen molar-refractivity contribution >= 4 is 23.8 Å². The lowest BCUT2D eigenvalue weighted by Gasteiger charge is -2.43. The Balaban J connectivity index is 1.82. The molecule has 1 fully saturated rings. The number of nitrogens with zero attached hydrogens (tertiary/aromatic N) is 3. The molecule has 1 aromatic rings. The van der Waals surface area contributed by atoms with Gasteiger partial charge < -0.3 is 20.6 Å². The third-order valence-electron chi connectivity index (χ3n) is 7.85. The highest BCUT2D eigenvalue weighted by Gasteiger charge is 2.40. The third kappa shape index (κ3) is 7.50. The molecule has 3 N–H and O–H groups in total. The van der Waals surface area contributed by atoms with Gasteiger partial charge in [0.1, 0.15) is 18.1 Å². The molecule has 0 saturated carbocycles. The molecular formula is C29H45N5O5. The minimum absolute atomic E-state index is 0.104. The van der Waals surface area contributed by atoms with Gasteiger partial charge in [-0.25, -0.2) is 4.79 Å². The van der Waals surface area contributed by atoms with Crippen LogP contribution in [-0.4, -0.2) is 95.0 Å². The SMILES string of the molecule is CC(C)CN1CCN(C(=O)[C@@H](NC(=O)[C@H](C)N(C)C(=O)O)C(C)C)[C@H](C(=O)N[C@@H]2CCCc3ccccc32)C1. The highest BCUT2D eigenvalue weighted by molar-refractivity contribution is 5.94. The van der Waals surface area contributed by atoms with E-state index in [9.17, 15) is 24.3 Å². The van der Waals surface area contributed by atoms with E-state index >= 15 is 0 Å². The number of aryl methyl sites for hydroxylation is 1. The van der Waals surface area contributed by atoms with Crippen LogP contribution in [0.15, 0.2) is 24.3 Å². The summed E-state index contributed by atoms with van der Waals surface area (Å²) in [5.41, 5.74) is 2.38. The van der Waals surface area contributed by atoms with Crippen molar-refractivity contribution in [3.63, 3.8) is 0 Å². The second-order valence-electron chi connectivity index (χ2n) is 11.7. The van der Waals surface area contributed by atoms with Crippen LogP contribution in [0.5, 0.6) is 0 Å². The summed E-state index contributed by atoms with van der Waals surface area (Å²) in [6, 6.07) is 5.52. The van der Waals surface area contributed by atoms with Gasteiger partial charge in [-0.3, -0.25) is 24.2 Å². The molecule has 2 aliphatic rings. The number of piperazine rings is 1. The first kappa shape index (κ1) is 30.4. The lowest BCUT2D eigenvalue weighted by atomic mass is 9.87. The van der Waals surface area contributed by atoms with Crippen LogP contribution in [0.3, 0.4) is 0 Å². The van der Waals surface area contributed by atoms with Gasteiger partial charge in [-0.15, -0.1) is 0 Å². The fourth-order valence-corrected chi connectivity index (χ4v) is 5.49. The molecule has 4 atom stereocenters. The van der Waals surface area contributed by atoms with Crippen LogP contribution < -0.4 is 10.6 Å². The summed E-state index contributed by atoms with van der Waals surface area (Å²) < 4.78 is 0. The molecule has 0 radical (unpaired) electrons. The maximum absolute atomic E-state index is 13.9. The van der Waals surface area contributed by atoms with Crippen molar-refractivity contribution < 1.29 is 24.3 Å². The van der Waals surface area contributed by atoms with Gasteiger partial charge in [-0.05, 0) is 49.1 Å². The van der Waals surface area contributed by atoms with Gasteiger partial charge in [-0.1, -0.05) is 52.0 Å². The monoisotopic (exact) mass is 543 g/mol. The summed E-state index contributed by atoms with van der Waals surface area (Å²) in [5.74, 6) is -0.906. The van der Waals surface area contributed by atoms with Crippen LogP contribution in [0, 0.1) is 11.8 Å². The minimum Gasteiger partial charge on any atom is -0.465 e. The minimum atomic E-state index is -1.23. The summed E-state index contributed by atoms with van der Waals surface area (Å²) in [7, 11) is 1.32. The number of likely N-dealkylation sites (N-methyl/N-ethyl adjacent to an activating group) is 1. The van der Waals surface area contributed by atoms with Gasteiger partial charge in [0.05, 0.1) is 6.04 Å². The van der Waals surface area contributed by atoms with E-state index in [0.717, 1.165) is 36.3 Å². The van der Waals surface area contributed by atoms with Crippen molar-refractivity contribution in [1.29, 1.82) is 0 Å². The van der Waals surface area contributed by atoms with Crippen LogP contribution in [0.25, 0.3) is 0 Å². The summed E-state index contributed by atoms with van der Waals surface area (Å²) >= 11 is 0. The molecule has 1 aliphatic carbocycles. The van der Waals surface area contributed by atoms with E-state index in [-0.39, 0.29) is 23.8 Å². The summed E-state index contributed by atoms with van der Waals surface area (Å²) in [5, 5.41) is 15.3. The van der Waals surface area contributed by atoms with Crippen molar-refractivity contribution in [3.8, 4) is 0 Å². The maximum atomic E-state index is 13.9. The first-order chi connectivity index (χ1) is 18.4. The van der Waals surface area contributed by atoms with Crippen molar-refractivity contribution in [3.05, 3.63) is 35.4 Å². The predicted molar refractivity (Wildman–Crippen MR) is 149 cm³/mol. The normalized spacial score (nSPS) is 21.2. The number of carbonyl (C=O) groups excluding carboxylic acids is 3. The lowest BCUT2D eigenvalue weighted by Crippen LogP contribution is -2.65. The van der Waals surface area contributed by atoms with Gasteiger partial charge in [0.2, 0.25) is 17.7 Å². The van der Waals surface area contributed by atoms with Gasteiger partial charge in [0, 0.05) is 33.2 Å².